The molecule has 16 heavy (non-hydrogen) atoms. The summed E-state index contributed by atoms with van der Waals surface area (Å²) in [4.78, 5) is 5.23. The Bertz CT molecular complexity index is 207. The number of piperidine rings is 1. The molecule has 2 saturated heterocycles. The van der Waals surface area contributed by atoms with Gasteiger partial charge in [-0.05, 0) is 53.1 Å². The summed E-state index contributed by atoms with van der Waals surface area (Å²) >= 11 is 0. The molecule has 0 aromatic rings. The Morgan fingerprint density at radius 1 is 1.06 bits per heavy atom. The molecule has 2 rings (SSSR count). The molecule has 0 bridgehead atoms. The maximum Gasteiger partial charge on any atom is 0.0260 e. The van der Waals surface area contributed by atoms with E-state index in [1.807, 2.05) is 13.8 Å². The van der Waals surface area contributed by atoms with Crippen molar-refractivity contribution in [1.82, 2.24) is 9.80 Å². The van der Waals surface area contributed by atoms with E-state index in [0.717, 1.165) is 12.0 Å². The molecule has 2 fully saturated rings. The summed E-state index contributed by atoms with van der Waals surface area (Å²) in [5.41, 5.74) is 0.359. The number of likely N-dealkylation sites (N-methyl/N-ethyl adjacent to an activating group) is 1. The molecule has 2 heteroatoms. The Morgan fingerprint density at radius 2 is 1.69 bits per heavy atom. The highest BCUT2D eigenvalue weighted by molar-refractivity contribution is 4.96. The molecule has 2 aliphatic rings. The van der Waals surface area contributed by atoms with Crippen molar-refractivity contribution in [2.45, 2.75) is 59.0 Å². The molecule has 2 atom stereocenters. The molecule has 0 amide bonds. The van der Waals surface area contributed by atoms with Crippen LogP contribution < -0.4 is 0 Å². The Hall–Kier alpha value is -0.0800. The summed E-state index contributed by atoms with van der Waals surface area (Å²) in [6.07, 6.45) is 2.84. The van der Waals surface area contributed by atoms with Gasteiger partial charge in [0.25, 0.3) is 0 Å². The van der Waals surface area contributed by atoms with Gasteiger partial charge in [0.1, 0.15) is 0 Å². The van der Waals surface area contributed by atoms with Gasteiger partial charge in [-0.2, -0.15) is 0 Å². The van der Waals surface area contributed by atoms with Crippen LogP contribution in [0.3, 0.4) is 0 Å². The second-order valence-corrected chi connectivity index (χ2v) is 6.03. The van der Waals surface area contributed by atoms with Gasteiger partial charge in [-0.1, -0.05) is 13.8 Å². The summed E-state index contributed by atoms with van der Waals surface area (Å²) < 4.78 is 0. The fourth-order valence-corrected chi connectivity index (χ4v) is 2.95. The highest BCUT2D eigenvalue weighted by atomic mass is 15.3. The smallest absolute Gasteiger partial charge is 0.0260 e. The van der Waals surface area contributed by atoms with Gasteiger partial charge in [0, 0.05) is 24.7 Å². The largest absolute Gasteiger partial charge is 0.302 e. The third kappa shape index (κ3) is 2.98. The van der Waals surface area contributed by atoms with Gasteiger partial charge in [-0.15, -0.1) is 0 Å². The first-order chi connectivity index (χ1) is 7.48. The number of hydrogen-bond donors (Lipinski definition) is 0. The number of nitrogens with zero attached hydrogens (tertiary/aromatic N) is 2. The minimum absolute atomic E-state index is 0.359. The van der Waals surface area contributed by atoms with Crippen LogP contribution in [-0.2, 0) is 0 Å². The van der Waals surface area contributed by atoms with Gasteiger partial charge in [0.2, 0.25) is 0 Å². The number of likely N-dealkylation sites (tertiary alicyclic amines) is 2. The standard InChI is InChI=1S/C12H24N2.C2H6/c1-12(2,3)14-8-10-6-5-7-13(4)11(10)9-14;1-2/h10-11H,5-9H2,1-4H3;1-2H3. The number of rotatable bonds is 0. The van der Waals surface area contributed by atoms with Crippen molar-refractivity contribution in [2.75, 3.05) is 26.7 Å². The molecule has 0 aromatic heterocycles. The molecule has 0 aromatic carbocycles. The van der Waals surface area contributed by atoms with E-state index < -0.39 is 0 Å². The maximum absolute atomic E-state index is 2.66. The molecule has 2 aliphatic heterocycles. The third-order valence-electron chi connectivity index (χ3n) is 4.01. The lowest BCUT2D eigenvalue weighted by atomic mass is 9.93. The van der Waals surface area contributed by atoms with Crippen molar-refractivity contribution in [3.8, 4) is 0 Å². The van der Waals surface area contributed by atoms with Crippen molar-refractivity contribution in [2.24, 2.45) is 5.92 Å². The highest BCUT2D eigenvalue weighted by Crippen LogP contribution is 2.32. The summed E-state index contributed by atoms with van der Waals surface area (Å²) in [5.74, 6) is 0.938. The van der Waals surface area contributed by atoms with Gasteiger partial charge >= 0.3 is 0 Å². The van der Waals surface area contributed by atoms with Gasteiger partial charge in [0.05, 0.1) is 0 Å². The quantitative estimate of drug-likeness (QED) is 0.627. The molecule has 2 nitrogen and oxygen atoms in total. The lowest BCUT2D eigenvalue weighted by Crippen LogP contribution is -2.44. The topological polar surface area (TPSA) is 6.48 Å². The van der Waals surface area contributed by atoms with Crippen LogP contribution in [0.4, 0.5) is 0 Å². The highest BCUT2D eigenvalue weighted by Gasteiger charge is 2.40. The van der Waals surface area contributed by atoms with Crippen molar-refractivity contribution < 1.29 is 0 Å². The van der Waals surface area contributed by atoms with Gasteiger partial charge in [-0.25, -0.2) is 0 Å². The maximum atomic E-state index is 2.66. The molecule has 0 spiro atoms. The minimum atomic E-state index is 0.359. The van der Waals surface area contributed by atoms with Gasteiger partial charge in [-0.3, -0.25) is 4.90 Å². The van der Waals surface area contributed by atoms with Crippen LogP contribution in [0.2, 0.25) is 0 Å². The molecular weight excluding hydrogens is 196 g/mol. The van der Waals surface area contributed by atoms with E-state index in [1.54, 1.807) is 0 Å². The van der Waals surface area contributed by atoms with Crippen LogP contribution in [-0.4, -0.2) is 48.1 Å². The van der Waals surface area contributed by atoms with Crippen LogP contribution in [0.1, 0.15) is 47.5 Å². The Balaban J connectivity index is 0.000000606. The molecule has 0 aliphatic carbocycles. The molecule has 2 heterocycles. The predicted octanol–water partition coefficient (Wildman–Crippen LogP) is 2.84. The Morgan fingerprint density at radius 3 is 2.19 bits per heavy atom. The van der Waals surface area contributed by atoms with E-state index in [0.29, 0.717) is 5.54 Å². The first-order valence-corrected chi connectivity index (χ1v) is 6.94. The van der Waals surface area contributed by atoms with Crippen LogP contribution in [0.15, 0.2) is 0 Å². The van der Waals surface area contributed by atoms with Gasteiger partial charge in [0.15, 0.2) is 0 Å². The van der Waals surface area contributed by atoms with Crippen LogP contribution in [0.5, 0.6) is 0 Å². The summed E-state index contributed by atoms with van der Waals surface area (Å²) in [5, 5.41) is 0. The molecule has 0 radical (unpaired) electrons. The zero-order valence-electron chi connectivity index (χ0n) is 12.1. The Kier molecular flexibility index (Phi) is 4.81. The molecular formula is C14H30N2. The van der Waals surface area contributed by atoms with Crippen molar-refractivity contribution in [3.05, 3.63) is 0 Å². The van der Waals surface area contributed by atoms with E-state index >= 15 is 0 Å². The fraction of sp³-hybridized carbons (Fsp3) is 1.00. The van der Waals surface area contributed by atoms with Gasteiger partial charge < -0.3 is 4.90 Å². The van der Waals surface area contributed by atoms with Crippen LogP contribution >= 0.6 is 0 Å². The zero-order chi connectivity index (χ0) is 12.3. The summed E-state index contributed by atoms with van der Waals surface area (Å²) in [7, 11) is 2.29. The fourth-order valence-electron chi connectivity index (χ4n) is 2.95. The summed E-state index contributed by atoms with van der Waals surface area (Å²) in [6.45, 7) is 14.9. The minimum Gasteiger partial charge on any atom is -0.302 e. The van der Waals surface area contributed by atoms with Crippen molar-refractivity contribution >= 4 is 0 Å². The number of fused-ring (bicyclic) bond motifs is 1. The third-order valence-corrected chi connectivity index (χ3v) is 4.01. The average molecular weight is 226 g/mol. The second-order valence-electron chi connectivity index (χ2n) is 6.03. The molecule has 0 saturated carbocycles. The van der Waals surface area contributed by atoms with Crippen molar-refractivity contribution in [3.63, 3.8) is 0 Å². The van der Waals surface area contributed by atoms with E-state index in [4.69, 9.17) is 0 Å². The summed E-state index contributed by atoms with van der Waals surface area (Å²) in [6, 6.07) is 0.836. The van der Waals surface area contributed by atoms with E-state index in [2.05, 4.69) is 37.6 Å². The van der Waals surface area contributed by atoms with Crippen molar-refractivity contribution in [1.29, 1.82) is 0 Å². The molecule has 96 valence electrons. The zero-order valence-corrected chi connectivity index (χ0v) is 12.1. The lowest BCUT2D eigenvalue weighted by molar-refractivity contribution is 0.145. The monoisotopic (exact) mass is 226 g/mol. The first-order valence-electron chi connectivity index (χ1n) is 6.94. The van der Waals surface area contributed by atoms with E-state index in [9.17, 15) is 0 Å². The van der Waals surface area contributed by atoms with E-state index in [1.165, 1.54) is 32.5 Å². The predicted molar refractivity (Wildman–Crippen MR) is 71.8 cm³/mol. The van der Waals surface area contributed by atoms with Crippen LogP contribution in [0, 0.1) is 5.92 Å². The molecule has 0 N–H and O–H groups in total. The molecule has 2 unspecified atom stereocenters. The SMILES string of the molecule is CC.CN1CCCC2CN(C(C)(C)C)CC21. The van der Waals surface area contributed by atoms with Crippen LogP contribution in [0.25, 0.3) is 0 Å². The normalized spacial score (nSPS) is 31.9. The first kappa shape index (κ1) is 14.0. The lowest BCUT2D eigenvalue weighted by Gasteiger charge is -2.34. The average Bonchev–Trinajstić information content (AvgIpc) is 2.65. The Labute approximate surface area is 102 Å². The number of hydrogen-bond acceptors (Lipinski definition) is 2. The second kappa shape index (κ2) is 5.50. The van der Waals surface area contributed by atoms with E-state index in [-0.39, 0.29) is 0 Å².